The SMILES string of the molecule is Cc1cccc(NC(=O)CN2CCc3ccc(F)cc3C2C)c1. The Balaban J connectivity index is 1.67. The number of nitrogens with one attached hydrogen (secondary N) is 1. The summed E-state index contributed by atoms with van der Waals surface area (Å²) in [4.78, 5) is 14.4. The third-order valence-electron chi connectivity index (χ3n) is 4.42. The molecule has 1 atom stereocenters. The first-order valence-corrected chi connectivity index (χ1v) is 7.92. The van der Waals surface area contributed by atoms with Crippen molar-refractivity contribution in [2.45, 2.75) is 26.3 Å². The minimum Gasteiger partial charge on any atom is -0.325 e. The molecular weight excluding hydrogens is 291 g/mol. The van der Waals surface area contributed by atoms with E-state index >= 15 is 0 Å². The van der Waals surface area contributed by atoms with Crippen LogP contribution < -0.4 is 5.32 Å². The predicted octanol–water partition coefficient (Wildman–Crippen LogP) is 3.69. The van der Waals surface area contributed by atoms with Crippen molar-refractivity contribution in [1.29, 1.82) is 0 Å². The lowest BCUT2D eigenvalue weighted by Gasteiger charge is -2.34. The Hall–Kier alpha value is -2.20. The Morgan fingerprint density at radius 2 is 2.13 bits per heavy atom. The second-order valence-corrected chi connectivity index (χ2v) is 6.16. The molecule has 1 unspecified atom stereocenters. The van der Waals surface area contributed by atoms with E-state index in [1.807, 2.05) is 44.2 Å². The molecular formula is C19H21FN2O. The number of carbonyl (C=O) groups is 1. The molecule has 23 heavy (non-hydrogen) atoms. The molecule has 0 aromatic heterocycles. The second kappa shape index (κ2) is 6.50. The summed E-state index contributed by atoms with van der Waals surface area (Å²) in [7, 11) is 0. The van der Waals surface area contributed by atoms with Crippen LogP contribution in [0.5, 0.6) is 0 Å². The molecule has 4 heteroatoms. The topological polar surface area (TPSA) is 32.3 Å². The summed E-state index contributed by atoms with van der Waals surface area (Å²) in [6.07, 6.45) is 0.845. The smallest absolute Gasteiger partial charge is 0.238 e. The van der Waals surface area contributed by atoms with Gasteiger partial charge in [0, 0.05) is 18.3 Å². The molecule has 0 bridgehead atoms. The van der Waals surface area contributed by atoms with Gasteiger partial charge in [-0.1, -0.05) is 18.2 Å². The van der Waals surface area contributed by atoms with Crippen molar-refractivity contribution >= 4 is 11.6 Å². The third-order valence-corrected chi connectivity index (χ3v) is 4.42. The number of hydrogen-bond acceptors (Lipinski definition) is 2. The molecule has 3 nitrogen and oxygen atoms in total. The fourth-order valence-corrected chi connectivity index (χ4v) is 3.16. The van der Waals surface area contributed by atoms with Crippen molar-refractivity contribution in [3.05, 3.63) is 65.0 Å². The lowest BCUT2D eigenvalue weighted by Crippen LogP contribution is -2.39. The molecule has 1 N–H and O–H groups in total. The number of aryl methyl sites for hydroxylation is 1. The van der Waals surface area contributed by atoms with Crippen LogP contribution in [0.4, 0.5) is 10.1 Å². The van der Waals surface area contributed by atoms with Crippen LogP contribution >= 0.6 is 0 Å². The molecule has 0 saturated heterocycles. The van der Waals surface area contributed by atoms with Crippen LogP contribution in [0.3, 0.4) is 0 Å². The quantitative estimate of drug-likeness (QED) is 0.937. The third kappa shape index (κ3) is 3.59. The minimum atomic E-state index is -0.221. The molecule has 1 aliphatic heterocycles. The molecule has 3 rings (SSSR count). The van der Waals surface area contributed by atoms with Crippen molar-refractivity contribution in [3.63, 3.8) is 0 Å². The number of amides is 1. The first-order valence-electron chi connectivity index (χ1n) is 7.92. The fourth-order valence-electron chi connectivity index (χ4n) is 3.16. The molecule has 1 heterocycles. The van der Waals surface area contributed by atoms with E-state index in [2.05, 4.69) is 10.2 Å². The van der Waals surface area contributed by atoms with Gasteiger partial charge in [-0.3, -0.25) is 9.69 Å². The van der Waals surface area contributed by atoms with Crippen LogP contribution in [0.1, 0.15) is 29.7 Å². The summed E-state index contributed by atoms with van der Waals surface area (Å²) in [6.45, 7) is 5.14. The van der Waals surface area contributed by atoms with Gasteiger partial charge in [0.2, 0.25) is 5.91 Å². The van der Waals surface area contributed by atoms with E-state index in [1.165, 1.54) is 11.6 Å². The van der Waals surface area contributed by atoms with Gasteiger partial charge in [0.1, 0.15) is 5.82 Å². The Kier molecular flexibility index (Phi) is 4.44. The number of rotatable bonds is 3. The number of hydrogen-bond donors (Lipinski definition) is 1. The van der Waals surface area contributed by atoms with Crippen molar-refractivity contribution in [1.82, 2.24) is 4.90 Å². The first-order chi connectivity index (χ1) is 11.0. The molecule has 0 fully saturated rings. The summed E-state index contributed by atoms with van der Waals surface area (Å²) in [5, 5.41) is 2.93. The molecule has 0 saturated carbocycles. The largest absolute Gasteiger partial charge is 0.325 e. The van der Waals surface area contributed by atoms with E-state index in [1.54, 1.807) is 6.07 Å². The molecule has 2 aromatic rings. The number of anilines is 1. The van der Waals surface area contributed by atoms with E-state index in [4.69, 9.17) is 0 Å². The molecule has 0 radical (unpaired) electrons. The monoisotopic (exact) mass is 312 g/mol. The molecule has 1 amide bonds. The summed E-state index contributed by atoms with van der Waals surface area (Å²) < 4.78 is 13.5. The summed E-state index contributed by atoms with van der Waals surface area (Å²) in [5.41, 5.74) is 4.08. The van der Waals surface area contributed by atoms with Crippen LogP contribution in [-0.4, -0.2) is 23.9 Å². The van der Waals surface area contributed by atoms with E-state index in [9.17, 15) is 9.18 Å². The maximum absolute atomic E-state index is 13.5. The maximum atomic E-state index is 13.5. The molecule has 2 aromatic carbocycles. The van der Waals surface area contributed by atoms with Gasteiger partial charge >= 0.3 is 0 Å². The number of benzene rings is 2. The Bertz CT molecular complexity index is 729. The van der Waals surface area contributed by atoms with Gasteiger partial charge < -0.3 is 5.32 Å². The van der Waals surface area contributed by atoms with E-state index < -0.39 is 0 Å². The normalized spacial score (nSPS) is 17.6. The highest BCUT2D eigenvalue weighted by Crippen LogP contribution is 2.29. The number of nitrogens with zero attached hydrogens (tertiary/aromatic N) is 1. The molecule has 0 aliphatic carbocycles. The van der Waals surface area contributed by atoms with E-state index in [-0.39, 0.29) is 17.8 Å². The Morgan fingerprint density at radius 1 is 1.30 bits per heavy atom. The standard InChI is InChI=1S/C19H21FN2O/c1-13-4-3-5-17(10-13)21-19(23)12-22-9-8-15-6-7-16(20)11-18(15)14(22)2/h3-7,10-11,14H,8-9,12H2,1-2H3,(H,21,23). The first kappa shape index (κ1) is 15.7. The minimum absolute atomic E-state index is 0.0395. The van der Waals surface area contributed by atoms with Crippen molar-refractivity contribution < 1.29 is 9.18 Å². The van der Waals surface area contributed by atoms with Crippen molar-refractivity contribution in [2.24, 2.45) is 0 Å². The predicted molar refractivity (Wildman–Crippen MR) is 89.9 cm³/mol. The second-order valence-electron chi connectivity index (χ2n) is 6.16. The maximum Gasteiger partial charge on any atom is 0.238 e. The zero-order valence-corrected chi connectivity index (χ0v) is 13.5. The highest BCUT2D eigenvalue weighted by Gasteiger charge is 2.25. The fraction of sp³-hybridized carbons (Fsp3) is 0.316. The van der Waals surface area contributed by atoms with Gasteiger partial charge in [-0.2, -0.15) is 0 Å². The molecule has 120 valence electrons. The van der Waals surface area contributed by atoms with Gasteiger partial charge in [0.05, 0.1) is 6.54 Å². The number of carbonyl (C=O) groups excluding carboxylic acids is 1. The van der Waals surface area contributed by atoms with Crippen molar-refractivity contribution in [2.75, 3.05) is 18.4 Å². The highest BCUT2D eigenvalue weighted by atomic mass is 19.1. The number of fused-ring (bicyclic) bond motifs is 1. The molecule has 0 spiro atoms. The van der Waals surface area contributed by atoms with Gasteiger partial charge in [-0.25, -0.2) is 4.39 Å². The summed E-state index contributed by atoms with van der Waals surface area (Å²) in [5.74, 6) is -0.260. The average molecular weight is 312 g/mol. The highest BCUT2D eigenvalue weighted by molar-refractivity contribution is 5.92. The van der Waals surface area contributed by atoms with Crippen LogP contribution in [0.2, 0.25) is 0 Å². The Labute approximate surface area is 136 Å². The van der Waals surface area contributed by atoms with E-state index in [0.29, 0.717) is 6.54 Å². The summed E-state index contributed by atoms with van der Waals surface area (Å²) >= 11 is 0. The van der Waals surface area contributed by atoms with Gasteiger partial charge in [0.15, 0.2) is 0 Å². The molecule has 1 aliphatic rings. The Morgan fingerprint density at radius 3 is 2.91 bits per heavy atom. The van der Waals surface area contributed by atoms with Crippen LogP contribution in [0, 0.1) is 12.7 Å². The van der Waals surface area contributed by atoms with Gasteiger partial charge in [0.25, 0.3) is 0 Å². The van der Waals surface area contributed by atoms with E-state index in [0.717, 1.165) is 29.8 Å². The zero-order valence-electron chi connectivity index (χ0n) is 13.5. The average Bonchev–Trinajstić information content (AvgIpc) is 2.50. The summed E-state index contributed by atoms with van der Waals surface area (Å²) in [6, 6.07) is 12.7. The lowest BCUT2D eigenvalue weighted by molar-refractivity contribution is -0.117. The van der Waals surface area contributed by atoms with Crippen LogP contribution in [0.25, 0.3) is 0 Å². The van der Waals surface area contributed by atoms with Crippen LogP contribution in [-0.2, 0) is 11.2 Å². The zero-order chi connectivity index (χ0) is 16.4. The van der Waals surface area contributed by atoms with Gasteiger partial charge in [-0.05, 0) is 61.2 Å². The van der Waals surface area contributed by atoms with Gasteiger partial charge in [-0.15, -0.1) is 0 Å². The van der Waals surface area contributed by atoms with Crippen LogP contribution in [0.15, 0.2) is 42.5 Å². The lowest BCUT2D eigenvalue weighted by atomic mass is 9.93. The number of halogens is 1. The van der Waals surface area contributed by atoms with Crippen molar-refractivity contribution in [3.8, 4) is 0 Å².